The molecule has 0 saturated heterocycles. The Morgan fingerprint density at radius 3 is 2.64 bits per heavy atom. The molecule has 0 amide bonds. The first kappa shape index (κ1) is 14.5. The summed E-state index contributed by atoms with van der Waals surface area (Å²) in [6.45, 7) is 0. The van der Waals surface area contributed by atoms with E-state index in [-0.39, 0.29) is 5.78 Å². The van der Waals surface area contributed by atoms with Gasteiger partial charge in [-0.2, -0.15) is 5.26 Å². The second-order valence-corrected chi connectivity index (χ2v) is 6.35. The fourth-order valence-electron chi connectivity index (χ4n) is 2.63. The molecule has 3 rings (SSSR count). The molecule has 0 heterocycles. The number of carbonyl (C=O) groups is 1. The monoisotopic (exact) mass is 311 g/mol. The number of nitrogens with zero attached hydrogens (tertiary/aromatic N) is 1. The number of rotatable bonds is 3. The highest BCUT2D eigenvalue weighted by atomic mass is 32.2. The SMILES string of the molecule is CS(=O)c1ccc(Oc2ccccc2C#N)c2c1C(=O)CC2. The van der Waals surface area contributed by atoms with Crippen molar-refractivity contribution >= 4 is 16.6 Å². The Labute approximate surface area is 130 Å². The minimum Gasteiger partial charge on any atom is -0.456 e. The lowest BCUT2D eigenvalue weighted by atomic mass is 10.1. The number of Topliss-reactive ketones (excluding diaryl/α,β-unsaturated/α-hetero) is 1. The fraction of sp³-hybridized carbons (Fsp3) is 0.176. The van der Waals surface area contributed by atoms with Gasteiger partial charge in [0.1, 0.15) is 17.6 Å². The van der Waals surface area contributed by atoms with Gasteiger partial charge in [-0.1, -0.05) is 12.1 Å². The minimum absolute atomic E-state index is 0.000724. The average molecular weight is 311 g/mol. The van der Waals surface area contributed by atoms with Crippen LogP contribution in [0.2, 0.25) is 0 Å². The maximum Gasteiger partial charge on any atom is 0.164 e. The number of fused-ring (bicyclic) bond motifs is 1. The molecule has 0 saturated carbocycles. The molecule has 22 heavy (non-hydrogen) atoms. The van der Waals surface area contributed by atoms with Crippen molar-refractivity contribution in [2.24, 2.45) is 0 Å². The van der Waals surface area contributed by atoms with E-state index in [1.807, 2.05) is 0 Å². The maximum absolute atomic E-state index is 12.1. The highest BCUT2D eigenvalue weighted by Gasteiger charge is 2.28. The first-order valence-electron chi connectivity index (χ1n) is 6.81. The molecule has 110 valence electrons. The predicted molar refractivity (Wildman–Crippen MR) is 82.7 cm³/mol. The van der Waals surface area contributed by atoms with E-state index >= 15 is 0 Å². The van der Waals surface area contributed by atoms with Crippen molar-refractivity contribution in [3.05, 3.63) is 53.1 Å². The number of benzene rings is 2. The standard InChI is InChI=1S/C17H13NO3S/c1-22(20)16-9-8-15(12-6-7-13(19)17(12)16)21-14-5-3-2-4-11(14)10-18/h2-5,8-9H,6-7H2,1H3. The Bertz CT molecular complexity index is 836. The van der Waals surface area contributed by atoms with Crippen LogP contribution in [0.5, 0.6) is 11.5 Å². The molecule has 1 aliphatic rings. The third kappa shape index (κ3) is 2.42. The van der Waals surface area contributed by atoms with Gasteiger partial charge in [0.2, 0.25) is 0 Å². The lowest BCUT2D eigenvalue weighted by Gasteiger charge is -2.13. The number of nitriles is 1. The molecule has 0 bridgehead atoms. The minimum atomic E-state index is -1.22. The molecule has 1 atom stereocenters. The van der Waals surface area contributed by atoms with Crippen molar-refractivity contribution in [2.45, 2.75) is 17.7 Å². The van der Waals surface area contributed by atoms with Crippen LogP contribution in [0, 0.1) is 11.3 Å². The Morgan fingerprint density at radius 2 is 1.91 bits per heavy atom. The topological polar surface area (TPSA) is 67.2 Å². The van der Waals surface area contributed by atoms with Crippen LogP contribution in [-0.4, -0.2) is 16.2 Å². The van der Waals surface area contributed by atoms with Crippen molar-refractivity contribution in [3.8, 4) is 17.6 Å². The molecule has 0 N–H and O–H groups in total. The number of ketones is 1. The van der Waals surface area contributed by atoms with Gasteiger partial charge in [-0.3, -0.25) is 9.00 Å². The molecule has 0 aromatic heterocycles. The number of ether oxygens (including phenoxy) is 1. The summed E-state index contributed by atoms with van der Waals surface area (Å²) in [7, 11) is -1.22. The van der Waals surface area contributed by atoms with Crippen LogP contribution in [0.1, 0.15) is 27.9 Å². The van der Waals surface area contributed by atoms with Crippen LogP contribution in [0.15, 0.2) is 41.3 Å². The first-order chi connectivity index (χ1) is 10.6. The first-order valence-corrected chi connectivity index (χ1v) is 8.37. The Balaban J connectivity index is 2.09. The summed E-state index contributed by atoms with van der Waals surface area (Å²) < 4.78 is 17.6. The predicted octanol–water partition coefficient (Wildman–Crippen LogP) is 3.22. The van der Waals surface area contributed by atoms with E-state index in [2.05, 4.69) is 6.07 Å². The van der Waals surface area contributed by atoms with E-state index in [1.54, 1.807) is 42.7 Å². The normalized spacial score (nSPS) is 14.3. The summed E-state index contributed by atoms with van der Waals surface area (Å²) in [6.07, 6.45) is 2.54. The molecular weight excluding hydrogens is 298 g/mol. The van der Waals surface area contributed by atoms with Gasteiger partial charge in [0.25, 0.3) is 0 Å². The van der Waals surface area contributed by atoms with Gasteiger partial charge in [-0.05, 0) is 30.7 Å². The number of hydrogen-bond acceptors (Lipinski definition) is 4. The third-order valence-electron chi connectivity index (χ3n) is 3.65. The summed E-state index contributed by atoms with van der Waals surface area (Å²) in [5, 5.41) is 9.12. The van der Waals surface area contributed by atoms with Crippen LogP contribution in [0.25, 0.3) is 0 Å². The van der Waals surface area contributed by atoms with E-state index < -0.39 is 10.8 Å². The Kier molecular flexibility index (Phi) is 3.78. The van der Waals surface area contributed by atoms with E-state index in [0.29, 0.717) is 40.4 Å². The van der Waals surface area contributed by atoms with Crippen LogP contribution in [-0.2, 0) is 17.2 Å². The molecule has 2 aromatic rings. The molecule has 0 spiro atoms. The molecular formula is C17H13NO3S. The Hall–Kier alpha value is -2.45. The second-order valence-electron chi connectivity index (χ2n) is 5.00. The van der Waals surface area contributed by atoms with Gasteiger partial charge >= 0.3 is 0 Å². The number of hydrogen-bond donors (Lipinski definition) is 0. The molecule has 5 heteroatoms. The third-order valence-corrected chi connectivity index (χ3v) is 4.61. The fourth-order valence-corrected chi connectivity index (χ4v) is 3.41. The summed E-state index contributed by atoms with van der Waals surface area (Å²) in [4.78, 5) is 12.6. The zero-order valence-electron chi connectivity index (χ0n) is 12.0. The van der Waals surface area contributed by atoms with Crippen molar-refractivity contribution in [2.75, 3.05) is 6.26 Å². The zero-order chi connectivity index (χ0) is 15.7. The quantitative estimate of drug-likeness (QED) is 0.873. The average Bonchev–Trinajstić information content (AvgIpc) is 2.90. The largest absolute Gasteiger partial charge is 0.456 e. The van der Waals surface area contributed by atoms with Gasteiger partial charge in [0.15, 0.2) is 5.78 Å². The van der Waals surface area contributed by atoms with Gasteiger partial charge in [0, 0.05) is 28.7 Å². The van der Waals surface area contributed by atoms with Gasteiger partial charge < -0.3 is 4.74 Å². The van der Waals surface area contributed by atoms with Gasteiger partial charge in [-0.15, -0.1) is 0 Å². The molecule has 2 aromatic carbocycles. The number of para-hydroxylation sites is 1. The molecule has 1 unspecified atom stereocenters. The lowest BCUT2D eigenvalue weighted by Crippen LogP contribution is -2.02. The highest BCUT2D eigenvalue weighted by molar-refractivity contribution is 7.84. The van der Waals surface area contributed by atoms with E-state index in [0.717, 1.165) is 5.56 Å². The molecule has 4 nitrogen and oxygen atoms in total. The van der Waals surface area contributed by atoms with Crippen molar-refractivity contribution < 1.29 is 13.7 Å². The molecule has 0 radical (unpaired) electrons. The zero-order valence-corrected chi connectivity index (χ0v) is 12.8. The van der Waals surface area contributed by atoms with Crippen molar-refractivity contribution in [3.63, 3.8) is 0 Å². The molecule has 1 aliphatic carbocycles. The summed E-state index contributed by atoms with van der Waals surface area (Å²) >= 11 is 0. The van der Waals surface area contributed by atoms with E-state index in [9.17, 15) is 9.00 Å². The van der Waals surface area contributed by atoms with Crippen molar-refractivity contribution in [1.82, 2.24) is 0 Å². The lowest BCUT2D eigenvalue weighted by molar-refractivity contribution is 0.0992. The van der Waals surface area contributed by atoms with E-state index in [1.165, 1.54) is 0 Å². The van der Waals surface area contributed by atoms with Gasteiger partial charge in [0.05, 0.1) is 16.4 Å². The second kappa shape index (κ2) is 5.74. The summed E-state index contributed by atoms with van der Waals surface area (Å²) in [5.41, 5.74) is 1.74. The summed E-state index contributed by atoms with van der Waals surface area (Å²) in [6, 6.07) is 12.4. The molecule has 0 aliphatic heterocycles. The highest BCUT2D eigenvalue weighted by Crippen LogP contribution is 2.37. The number of carbonyl (C=O) groups excluding carboxylic acids is 1. The van der Waals surface area contributed by atoms with Crippen LogP contribution in [0.3, 0.4) is 0 Å². The smallest absolute Gasteiger partial charge is 0.164 e. The Morgan fingerprint density at radius 1 is 1.14 bits per heavy atom. The van der Waals surface area contributed by atoms with Crippen LogP contribution in [0.4, 0.5) is 0 Å². The van der Waals surface area contributed by atoms with Crippen LogP contribution < -0.4 is 4.74 Å². The van der Waals surface area contributed by atoms with Crippen LogP contribution >= 0.6 is 0 Å². The molecule has 0 fully saturated rings. The van der Waals surface area contributed by atoms with Crippen molar-refractivity contribution in [1.29, 1.82) is 5.26 Å². The summed E-state index contributed by atoms with van der Waals surface area (Å²) in [5.74, 6) is 1.01. The van der Waals surface area contributed by atoms with Gasteiger partial charge in [-0.25, -0.2) is 0 Å². The van der Waals surface area contributed by atoms with E-state index in [4.69, 9.17) is 10.00 Å². The maximum atomic E-state index is 12.1.